The van der Waals surface area contributed by atoms with Gasteiger partial charge >= 0.3 is 0 Å². The van der Waals surface area contributed by atoms with Crippen LogP contribution in [0.15, 0.2) is 71.3 Å². The highest BCUT2D eigenvalue weighted by Gasteiger charge is 2.13. The van der Waals surface area contributed by atoms with Gasteiger partial charge in [0.25, 0.3) is 5.91 Å². The molecule has 0 radical (unpaired) electrons. The SMILES string of the molecule is O=C(Nc1ccccc1)c1cc(-c2ccco2)ccc1O. The highest BCUT2D eigenvalue weighted by Crippen LogP contribution is 2.27. The van der Waals surface area contributed by atoms with Crippen molar-refractivity contribution in [3.8, 4) is 17.1 Å². The van der Waals surface area contributed by atoms with E-state index in [-0.39, 0.29) is 17.2 Å². The molecule has 4 nitrogen and oxygen atoms in total. The van der Waals surface area contributed by atoms with Gasteiger partial charge in [0.05, 0.1) is 11.8 Å². The van der Waals surface area contributed by atoms with Crippen LogP contribution < -0.4 is 5.32 Å². The number of para-hydroxylation sites is 1. The Morgan fingerprint density at radius 2 is 1.81 bits per heavy atom. The summed E-state index contributed by atoms with van der Waals surface area (Å²) in [6.07, 6.45) is 1.56. The van der Waals surface area contributed by atoms with Gasteiger partial charge in [0, 0.05) is 11.3 Å². The Morgan fingerprint density at radius 1 is 1.00 bits per heavy atom. The quantitative estimate of drug-likeness (QED) is 0.764. The number of phenols is 1. The Balaban J connectivity index is 1.91. The van der Waals surface area contributed by atoms with E-state index in [4.69, 9.17) is 4.42 Å². The summed E-state index contributed by atoms with van der Waals surface area (Å²) >= 11 is 0. The van der Waals surface area contributed by atoms with Gasteiger partial charge in [-0.1, -0.05) is 18.2 Å². The summed E-state index contributed by atoms with van der Waals surface area (Å²) in [7, 11) is 0. The second-order valence-electron chi connectivity index (χ2n) is 4.53. The van der Waals surface area contributed by atoms with Gasteiger partial charge in [-0.15, -0.1) is 0 Å². The van der Waals surface area contributed by atoms with Crippen LogP contribution in [0.3, 0.4) is 0 Å². The summed E-state index contributed by atoms with van der Waals surface area (Å²) in [5.41, 5.74) is 1.61. The fourth-order valence-corrected chi connectivity index (χ4v) is 2.03. The maximum absolute atomic E-state index is 12.3. The van der Waals surface area contributed by atoms with Gasteiger partial charge in [0.1, 0.15) is 11.5 Å². The smallest absolute Gasteiger partial charge is 0.259 e. The number of hydrogen-bond donors (Lipinski definition) is 2. The number of nitrogens with one attached hydrogen (secondary N) is 1. The number of benzene rings is 2. The third kappa shape index (κ3) is 2.79. The molecule has 1 heterocycles. The number of furan rings is 1. The van der Waals surface area contributed by atoms with Crippen LogP contribution >= 0.6 is 0 Å². The first kappa shape index (κ1) is 13.0. The lowest BCUT2D eigenvalue weighted by Gasteiger charge is -2.08. The van der Waals surface area contributed by atoms with Crippen LogP contribution in [0.5, 0.6) is 5.75 Å². The Kier molecular flexibility index (Phi) is 3.43. The van der Waals surface area contributed by atoms with Crippen LogP contribution in [-0.4, -0.2) is 11.0 Å². The Bertz CT molecular complexity index is 749. The zero-order valence-corrected chi connectivity index (χ0v) is 11.1. The van der Waals surface area contributed by atoms with Crippen LogP contribution in [0.1, 0.15) is 10.4 Å². The van der Waals surface area contributed by atoms with Crippen molar-refractivity contribution in [1.29, 1.82) is 0 Å². The van der Waals surface area contributed by atoms with E-state index in [2.05, 4.69) is 5.32 Å². The maximum Gasteiger partial charge on any atom is 0.259 e. The normalized spacial score (nSPS) is 10.3. The van der Waals surface area contributed by atoms with E-state index < -0.39 is 0 Å². The molecule has 0 spiro atoms. The van der Waals surface area contributed by atoms with Crippen molar-refractivity contribution in [2.45, 2.75) is 0 Å². The average molecular weight is 279 g/mol. The van der Waals surface area contributed by atoms with Gasteiger partial charge in [0.15, 0.2) is 0 Å². The number of carbonyl (C=O) groups excluding carboxylic acids is 1. The van der Waals surface area contributed by atoms with Gasteiger partial charge in [-0.3, -0.25) is 4.79 Å². The number of aromatic hydroxyl groups is 1. The largest absolute Gasteiger partial charge is 0.507 e. The number of carbonyl (C=O) groups is 1. The molecule has 104 valence electrons. The molecule has 1 amide bonds. The summed E-state index contributed by atoms with van der Waals surface area (Å²) in [5.74, 6) is 0.203. The minimum atomic E-state index is -0.368. The lowest BCUT2D eigenvalue weighted by molar-refractivity contribution is 0.102. The average Bonchev–Trinajstić information content (AvgIpc) is 3.03. The molecule has 0 saturated heterocycles. The minimum Gasteiger partial charge on any atom is -0.507 e. The standard InChI is InChI=1S/C17H13NO3/c19-15-9-8-12(16-7-4-10-21-16)11-14(15)17(20)18-13-5-2-1-3-6-13/h1-11,19H,(H,18,20). The summed E-state index contributed by atoms with van der Waals surface area (Å²) in [5, 5.41) is 12.6. The number of anilines is 1. The lowest BCUT2D eigenvalue weighted by Crippen LogP contribution is -2.12. The van der Waals surface area contributed by atoms with Gasteiger partial charge < -0.3 is 14.8 Å². The molecule has 0 aliphatic heterocycles. The highest BCUT2D eigenvalue weighted by molar-refractivity contribution is 6.06. The Hall–Kier alpha value is -3.01. The van der Waals surface area contributed by atoms with Crippen LogP contribution in [0, 0.1) is 0 Å². The van der Waals surface area contributed by atoms with E-state index in [9.17, 15) is 9.90 Å². The molecular weight excluding hydrogens is 266 g/mol. The van der Waals surface area contributed by atoms with Crippen molar-refractivity contribution in [2.24, 2.45) is 0 Å². The molecule has 3 rings (SSSR count). The third-order valence-corrected chi connectivity index (χ3v) is 3.08. The molecule has 4 heteroatoms. The van der Waals surface area contributed by atoms with Gasteiger partial charge in [0.2, 0.25) is 0 Å². The second-order valence-corrected chi connectivity index (χ2v) is 4.53. The molecule has 0 fully saturated rings. The van der Waals surface area contributed by atoms with E-state index in [0.717, 1.165) is 5.56 Å². The zero-order valence-electron chi connectivity index (χ0n) is 11.1. The maximum atomic E-state index is 12.3. The molecule has 0 atom stereocenters. The van der Waals surface area contributed by atoms with Crippen molar-refractivity contribution in [2.75, 3.05) is 5.32 Å². The van der Waals surface area contributed by atoms with Crippen molar-refractivity contribution in [3.05, 3.63) is 72.5 Å². The minimum absolute atomic E-state index is 0.0706. The van der Waals surface area contributed by atoms with Gasteiger partial charge in [-0.2, -0.15) is 0 Å². The molecular formula is C17H13NO3. The van der Waals surface area contributed by atoms with Crippen molar-refractivity contribution >= 4 is 11.6 Å². The molecule has 0 saturated carbocycles. The van der Waals surface area contributed by atoms with Crippen molar-refractivity contribution < 1.29 is 14.3 Å². The first-order valence-electron chi connectivity index (χ1n) is 6.47. The molecule has 21 heavy (non-hydrogen) atoms. The molecule has 1 aromatic heterocycles. The summed E-state index contributed by atoms with van der Waals surface area (Å²) in [4.78, 5) is 12.3. The van der Waals surface area contributed by atoms with E-state index in [1.165, 1.54) is 6.07 Å². The van der Waals surface area contributed by atoms with Crippen LogP contribution in [0.4, 0.5) is 5.69 Å². The fourth-order valence-electron chi connectivity index (χ4n) is 2.03. The molecule has 2 N–H and O–H groups in total. The summed E-state index contributed by atoms with van der Waals surface area (Å²) in [6, 6.07) is 17.4. The number of rotatable bonds is 3. The number of hydrogen-bond acceptors (Lipinski definition) is 3. The third-order valence-electron chi connectivity index (χ3n) is 3.08. The van der Waals surface area contributed by atoms with Crippen molar-refractivity contribution in [3.63, 3.8) is 0 Å². The molecule has 3 aromatic rings. The number of amides is 1. The van der Waals surface area contributed by atoms with Gasteiger partial charge in [-0.05, 0) is 42.5 Å². The molecule has 0 bridgehead atoms. The van der Waals surface area contributed by atoms with E-state index >= 15 is 0 Å². The first-order chi connectivity index (χ1) is 10.2. The van der Waals surface area contributed by atoms with Gasteiger partial charge in [-0.25, -0.2) is 0 Å². The van der Waals surface area contributed by atoms with E-state index in [0.29, 0.717) is 11.4 Å². The van der Waals surface area contributed by atoms with Crippen LogP contribution in [-0.2, 0) is 0 Å². The van der Waals surface area contributed by atoms with E-state index in [1.807, 2.05) is 18.2 Å². The predicted molar refractivity (Wildman–Crippen MR) is 80.2 cm³/mol. The lowest BCUT2D eigenvalue weighted by atomic mass is 10.1. The molecule has 2 aromatic carbocycles. The Labute approximate surface area is 121 Å². The number of phenolic OH excluding ortho intramolecular Hbond substituents is 1. The summed E-state index contributed by atoms with van der Waals surface area (Å²) < 4.78 is 5.30. The topological polar surface area (TPSA) is 62.5 Å². The highest BCUT2D eigenvalue weighted by atomic mass is 16.3. The van der Waals surface area contributed by atoms with E-state index in [1.54, 1.807) is 42.7 Å². The molecule has 0 aliphatic rings. The Morgan fingerprint density at radius 3 is 2.52 bits per heavy atom. The first-order valence-corrected chi connectivity index (χ1v) is 6.47. The fraction of sp³-hybridized carbons (Fsp3) is 0. The van der Waals surface area contributed by atoms with Crippen molar-refractivity contribution in [1.82, 2.24) is 0 Å². The predicted octanol–water partition coefficient (Wildman–Crippen LogP) is 3.90. The monoisotopic (exact) mass is 279 g/mol. The molecule has 0 unspecified atom stereocenters. The zero-order chi connectivity index (χ0) is 14.7. The van der Waals surface area contributed by atoms with Crippen LogP contribution in [0.25, 0.3) is 11.3 Å². The second kappa shape index (κ2) is 5.54. The van der Waals surface area contributed by atoms with Crippen LogP contribution in [0.2, 0.25) is 0 Å². The molecule has 0 aliphatic carbocycles. The summed E-state index contributed by atoms with van der Waals surface area (Å²) in [6.45, 7) is 0.